The molecule has 4 atom stereocenters. The van der Waals surface area contributed by atoms with Gasteiger partial charge in [0.2, 0.25) is 6.10 Å². The molecule has 3 aliphatic rings. The van der Waals surface area contributed by atoms with E-state index < -0.39 is 53.2 Å². The fourth-order valence-electron chi connectivity index (χ4n) is 4.48. The Bertz CT molecular complexity index is 1660. The van der Waals surface area contributed by atoms with Gasteiger partial charge in [-0.2, -0.15) is 0 Å². The molecule has 4 heterocycles. The van der Waals surface area contributed by atoms with Crippen LogP contribution < -0.4 is 27.4 Å². The molecular weight excluding hydrogens is 647 g/mol. The van der Waals surface area contributed by atoms with Crippen molar-refractivity contribution in [1.82, 2.24) is 15.2 Å². The first-order valence-corrected chi connectivity index (χ1v) is 16.0. The molecule has 19 heteroatoms. The number of carbonyl (C=O) groups excluding carboxylic acids is 2. The van der Waals surface area contributed by atoms with E-state index in [0.717, 1.165) is 21.9 Å². The number of nitrogen functional groups attached to an aromatic ring is 1. The molecule has 0 bridgehead atoms. The Labute approximate surface area is 268 Å². The first kappa shape index (κ1) is 31.8. The minimum atomic E-state index is -1.37. The summed E-state index contributed by atoms with van der Waals surface area (Å²) >= 11 is 3.53. The number of hydrogen-bond donors (Lipinski definition) is 6. The first-order valence-electron chi connectivity index (χ1n) is 13.1. The summed E-state index contributed by atoms with van der Waals surface area (Å²) in [6, 6.07) is 8.19. The van der Waals surface area contributed by atoms with E-state index in [1.54, 1.807) is 11.0 Å². The molecule has 9 N–H and O–H groups in total. The molecule has 16 nitrogen and oxygen atoms in total. The van der Waals surface area contributed by atoms with Crippen LogP contribution in [0.4, 0.5) is 10.8 Å². The van der Waals surface area contributed by atoms with E-state index in [4.69, 9.17) is 27.1 Å². The molecule has 1 saturated heterocycles. The zero-order valence-corrected chi connectivity index (χ0v) is 25.8. The topological polar surface area (TPSA) is 252 Å². The fourth-order valence-corrected chi connectivity index (χ4v) is 7.59. The number of carboxylic acids is 2. The van der Waals surface area contributed by atoms with Gasteiger partial charge in [0.1, 0.15) is 34.8 Å². The van der Waals surface area contributed by atoms with Gasteiger partial charge < -0.3 is 42.5 Å². The Morgan fingerprint density at radius 1 is 1.22 bits per heavy atom. The largest absolute Gasteiger partial charge is 0.478 e. The summed E-state index contributed by atoms with van der Waals surface area (Å²) in [4.78, 5) is 66.3. The fraction of sp³-hybridized carbons (Fsp3) is 0.269. The smallest absolute Gasteiger partial charge is 0.352 e. The number of amidine groups is 1. The van der Waals surface area contributed by atoms with Gasteiger partial charge in [-0.15, -0.1) is 23.1 Å². The van der Waals surface area contributed by atoms with E-state index >= 15 is 0 Å². The summed E-state index contributed by atoms with van der Waals surface area (Å²) in [6.07, 6.45) is -0.370. The highest BCUT2D eigenvalue weighted by Crippen LogP contribution is 2.41. The van der Waals surface area contributed by atoms with Gasteiger partial charge >= 0.3 is 11.9 Å². The number of aromatic nitrogens is 1. The van der Waals surface area contributed by atoms with E-state index in [2.05, 4.69) is 20.4 Å². The Hall–Kier alpha value is -4.59. The average Bonchev–Trinajstić information content (AvgIpc) is 3.43. The molecular formula is C26H27N9O7S3. The standard InChI is InChI=1S/C26H27N9O7S3/c1-11(23(38)39)42-33-17(14-10-44-25(29)30-14)20(36)32-18-21(37)35-19(24(40)41)12(8-43-22(18)35)9-45-26-31-15(27)7-16(28)34(26)13-5-3-2-4-6-13/h2-7,10-11,16,18,22H,8-9,27-28H2,1H3,(H2,29,30)(H,32,36)(H,38,39)(H,40,41)/b33-17-/t11-,16?,18?,22-/m0/s1. The number of carboxylic acid groups (broad SMARTS) is 2. The number of aliphatic carboxylic acids is 2. The van der Waals surface area contributed by atoms with Crippen LogP contribution in [0.3, 0.4) is 0 Å². The second-order valence-corrected chi connectivity index (χ2v) is 12.6. The number of para-hydroxylation sites is 1. The van der Waals surface area contributed by atoms with Crippen molar-refractivity contribution in [2.75, 3.05) is 22.1 Å². The van der Waals surface area contributed by atoms with Crippen LogP contribution in [0.25, 0.3) is 0 Å². The number of anilines is 2. The highest BCUT2D eigenvalue weighted by atomic mass is 32.2. The maximum Gasteiger partial charge on any atom is 0.352 e. The number of aliphatic imine (C=N–C) groups is 1. The zero-order chi connectivity index (χ0) is 32.4. The average molecular weight is 674 g/mol. The van der Waals surface area contributed by atoms with E-state index in [0.29, 0.717) is 10.7 Å². The van der Waals surface area contributed by atoms with Gasteiger partial charge in [0.05, 0.1) is 0 Å². The summed E-state index contributed by atoms with van der Waals surface area (Å²) in [5.41, 5.74) is 18.7. The number of carbonyl (C=O) groups is 4. The minimum Gasteiger partial charge on any atom is -0.478 e. The molecule has 2 amide bonds. The van der Waals surface area contributed by atoms with Crippen LogP contribution in [-0.4, -0.2) is 89.9 Å². The SMILES string of the molecule is C[C@H](O/N=C(\C(=O)NC1C(=O)N2C(C(=O)O)=C(CSC3=NC(N)=CC(N)N3c3ccccc3)CS[C@@H]12)c1csc(N)n1)C(=O)O. The summed E-state index contributed by atoms with van der Waals surface area (Å²) in [5.74, 6) is -3.49. The summed E-state index contributed by atoms with van der Waals surface area (Å²) in [6.45, 7) is 1.22. The Kier molecular flexibility index (Phi) is 9.32. The predicted octanol–water partition coefficient (Wildman–Crippen LogP) is 0.352. The molecule has 1 aromatic heterocycles. The molecule has 0 saturated carbocycles. The third-order valence-corrected chi connectivity index (χ3v) is 9.70. The predicted molar refractivity (Wildman–Crippen MR) is 170 cm³/mol. The van der Waals surface area contributed by atoms with Crippen molar-refractivity contribution in [1.29, 1.82) is 0 Å². The van der Waals surface area contributed by atoms with Crippen LogP contribution in [0.2, 0.25) is 0 Å². The molecule has 5 rings (SSSR count). The van der Waals surface area contributed by atoms with Crippen molar-refractivity contribution in [2.24, 2.45) is 21.6 Å². The molecule has 1 aromatic carbocycles. The van der Waals surface area contributed by atoms with Gasteiger partial charge in [-0.25, -0.2) is 19.6 Å². The van der Waals surface area contributed by atoms with Crippen LogP contribution in [0.1, 0.15) is 12.6 Å². The van der Waals surface area contributed by atoms with E-state index in [9.17, 15) is 24.3 Å². The van der Waals surface area contributed by atoms with Crippen molar-refractivity contribution < 1.29 is 34.2 Å². The van der Waals surface area contributed by atoms with Gasteiger partial charge in [-0.1, -0.05) is 35.1 Å². The van der Waals surface area contributed by atoms with Crippen LogP contribution in [0.15, 0.2) is 69.0 Å². The maximum absolute atomic E-state index is 13.3. The molecule has 2 unspecified atom stereocenters. The lowest BCUT2D eigenvalue weighted by Crippen LogP contribution is -2.71. The van der Waals surface area contributed by atoms with Crippen molar-refractivity contribution in [3.63, 3.8) is 0 Å². The number of thioether (sulfide) groups is 2. The normalized spacial score (nSPS) is 22.1. The number of nitrogens with one attached hydrogen (secondary N) is 1. The lowest BCUT2D eigenvalue weighted by atomic mass is 10.0. The Morgan fingerprint density at radius 2 is 1.96 bits per heavy atom. The third kappa shape index (κ3) is 6.60. The molecule has 0 spiro atoms. The molecule has 2 aromatic rings. The quantitative estimate of drug-likeness (QED) is 0.113. The molecule has 1 fully saturated rings. The number of thiazole rings is 1. The lowest BCUT2D eigenvalue weighted by Gasteiger charge is -2.49. The number of oxime groups is 1. The number of nitrogens with two attached hydrogens (primary N) is 3. The highest BCUT2D eigenvalue weighted by Gasteiger charge is 2.54. The Balaban J connectivity index is 1.33. The summed E-state index contributed by atoms with van der Waals surface area (Å²) in [5, 5.41) is 26.7. The number of rotatable bonds is 10. The molecule has 236 valence electrons. The number of benzene rings is 1. The molecule has 3 aliphatic heterocycles. The minimum absolute atomic E-state index is 0.0170. The highest BCUT2D eigenvalue weighted by molar-refractivity contribution is 8.14. The molecule has 0 radical (unpaired) electrons. The zero-order valence-electron chi connectivity index (χ0n) is 23.4. The van der Waals surface area contributed by atoms with E-state index in [1.165, 1.54) is 35.8 Å². The van der Waals surface area contributed by atoms with E-state index in [1.807, 2.05) is 30.3 Å². The van der Waals surface area contributed by atoms with Gasteiger partial charge in [0, 0.05) is 22.6 Å². The second kappa shape index (κ2) is 13.2. The van der Waals surface area contributed by atoms with Crippen molar-refractivity contribution in [3.8, 4) is 0 Å². The van der Waals surface area contributed by atoms with Crippen LogP contribution in [-0.2, 0) is 24.0 Å². The van der Waals surface area contributed by atoms with Gasteiger partial charge in [-0.05, 0) is 30.7 Å². The lowest BCUT2D eigenvalue weighted by molar-refractivity contribution is -0.150. The van der Waals surface area contributed by atoms with Crippen LogP contribution >= 0.6 is 34.9 Å². The van der Waals surface area contributed by atoms with E-state index in [-0.39, 0.29) is 33.8 Å². The van der Waals surface area contributed by atoms with Crippen molar-refractivity contribution >= 4 is 80.3 Å². The number of nitrogens with zero attached hydrogens (tertiary/aromatic N) is 5. The van der Waals surface area contributed by atoms with Crippen molar-refractivity contribution in [2.45, 2.75) is 30.6 Å². The Morgan fingerprint density at radius 3 is 2.60 bits per heavy atom. The summed E-state index contributed by atoms with van der Waals surface area (Å²) < 4.78 is 0. The number of amides is 2. The number of β-lactam (4-membered cyclic amide) rings is 1. The maximum atomic E-state index is 13.3. The summed E-state index contributed by atoms with van der Waals surface area (Å²) in [7, 11) is 0. The molecule has 45 heavy (non-hydrogen) atoms. The van der Waals surface area contributed by atoms with Gasteiger partial charge in [-0.3, -0.25) is 14.5 Å². The molecule has 0 aliphatic carbocycles. The first-order chi connectivity index (χ1) is 21.5. The number of hydrogen-bond acceptors (Lipinski definition) is 15. The third-order valence-electron chi connectivity index (χ3n) is 6.65. The number of fused-ring (bicyclic) bond motifs is 1. The van der Waals surface area contributed by atoms with Crippen molar-refractivity contribution in [3.05, 3.63) is 64.6 Å². The second-order valence-electron chi connectivity index (χ2n) is 9.69. The van der Waals surface area contributed by atoms with Gasteiger partial charge in [0.25, 0.3) is 11.8 Å². The van der Waals surface area contributed by atoms with Crippen LogP contribution in [0, 0.1) is 0 Å². The van der Waals surface area contributed by atoms with Gasteiger partial charge in [0.15, 0.2) is 16.0 Å². The monoisotopic (exact) mass is 673 g/mol. The van der Waals surface area contributed by atoms with Crippen LogP contribution in [0.5, 0.6) is 0 Å².